The van der Waals surface area contributed by atoms with Crippen LogP contribution in [0.15, 0.2) is 53.4 Å². The molecule has 2 heteroatoms. The maximum Gasteiger partial charge on any atom is 0.138 e. The second-order valence-electron chi connectivity index (χ2n) is 3.98. The highest BCUT2D eigenvalue weighted by atomic mass is 32.2. The lowest BCUT2D eigenvalue weighted by atomic mass is 10.2. The molecule has 0 atom stereocenters. The van der Waals surface area contributed by atoms with Gasteiger partial charge in [0.1, 0.15) is 5.75 Å². The summed E-state index contributed by atoms with van der Waals surface area (Å²) in [5.41, 5.74) is 2.56. The molecule has 0 aliphatic rings. The predicted molar refractivity (Wildman–Crippen MR) is 73.5 cm³/mol. The molecule has 17 heavy (non-hydrogen) atoms. The van der Waals surface area contributed by atoms with Gasteiger partial charge in [-0.25, -0.2) is 0 Å². The van der Waals surface area contributed by atoms with Crippen molar-refractivity contribution in [3.8, 4) is 5.75 Å². The third-order valence-corrected chi connectivity index (χ3v) is 3.30. The van der Waals surface area contributed by atoms with Gasteiger partial charge in [0.15, 0.2) is 0 Å². The lowest BCUT2D eigenvalue weighted by Gasteiger charge is -2.05. The van der Waals surface area contributed by atoms with Gasteiger partial charge in [-0.15, -0.1) is 0 Å². The fourth-order valence-electron chi connectivity index (χ4n) is 1.51. The Labute approximate surface area is 107 Å². The summed E-state index contributed by atoms with van der Waals surface area (Å²) in [6.07, 6.45) is 1.03. The Hall–Kier alpha value is -1.41. The van der Waals surface area contributed by atoms with Crippen LogP contribution in [0.1, 0.15) is 18.1 Å². The smallest absolute Gasteiger partial charge is 0.138 e. The summed E-state index contributed by atoms with van der Waals surface area (Å²) in [5.74, 6) is 0.912. The minimum absolute atomic E-state index is 0.912. The highest BCUT2D eigenvalue weighted by Gasteiger charge is 1.98. The molecule has 2 aromatic carbocycles. The van der Waals surface area contributed by atoms with Crippen molar-refractivity contribution in [2.24, 2.45) is 0 Å². The van der Waals surface area contributed by atoms with E-state index >= 15 is 0 Å². The Morgan fingerprint density at radius 1 is 1.06 bits per heavy atom. The Morgan fingerprint density at radius 3 is 2.53 bits per heavy atom. The van der Waals surface area contributed by atoms with Crippen molar-refractivity contribution < 1.29 is 4.18 Å². The molecule has 1 nitrogen and oxygen atoms in total. The van der Waals surface area contributed by atoms with Crippen LogP contribution in [-0.4, -0.2) is 0 Å². The Kier molecular flexibility index (Phi) is 4.10. The molecule has 0 saturated heterocycles. The van der Waals surface area contributed by atoms with E-state index in [1.165, 1.54) is 23.2 Å². The topological polar surface area (TPSA) is 9.23 Å². The maximum atomic E-state index is 5.69. The molecule has 0 unspecified atom stereocenters. The SMILES string of the molecule is CCc1cccc(OSc2ccc(C)cc2)c1. The van der Waals surface area contributed by atoms with E-state index in [0.717, 1.165) is 17.1 Å². The van der Waals surface area contributed by atoms with Gasteiger partial charge in [0.25, 0.3) is 0 Å². The third-order valence-electron chi connectivity index (χ3n) is 2.56. The molecule has 0 bridgehead atoms. The first-order valence-electron chi connectivity index (χ1n) is 5.78. The van der Waals surface area contributed by atoms with Crippen LogP contribution in [0, 0.1) is 6.92 Å². The Morgan fingerprint density at radius 2 is 1.82 bits per heavy atom. The number of hydrogen-bond donors (Lipinski definition) is 0. The first-order valence-corrected chi connectivity index (χ1v) is 6.52. The van der Waals surface area contributed by atoms with Crippen LogP contribution in [0.4, 0.5) is 0 Å². The van der Waals surface area contributed by atoms with Gasteiger partial charge in [0.05, 0.1) is 12.0 Å². The van der Waals surface area contributed by atoms with Gasteiger partial charge in [-0.05, 0) is 43.2 Å². The summed E-state index contributed by atoms with van der Waals surface area (Å²) >= 11 is 1.40. The van der Waals surface area contributed by atoms with Crippen LogP contribution in [0.2, 0.25) is 0 Å². The van der Waals surface area contributed by atoms with Crippen LogP contribution >= 0.6 is 12.0 Å². The van der Waals surface area contributed by atoms with E-state index in [4.69, 9.17) is 4.18 Å². The van der Waals surface area contributed by atoms with Crippen molar-refractivity contribution in [3.05, 3.63) is 59.7 Å². The van der Waals surface area contributed by atoms with E-state index in [1.54, 1.807) is 0 Å². The molecule has 2 rings (SSSR count). The second kappa shape index (κ2) is 5.78. The van der Waals surface area contributed by atoms with Crippen LogP contribution in [0.3, 0.4) is 0 Å². The van der Waals surface area contributed by atoms with Crippen molar-refractivity contribution in [3.63, 3.8) is 0 Å². The van der Waals surface area contributed by atoms with E-state index in [1.807, 2.05) is 12.1 Å². The lowest BCUT2D eigenvalue weighted by Crippen LogP contribution is -1.84. The van der Waals surface area contributed by atoms with Crippen LogP contribution in [-0.2, 0) is 6.42 Å². The molecule has 0 aromatic heterocycles. The van der Waals surface area contributed by atoms with Crippen molar-refractivity contribution >= 4 is 12.0 Å². The zero-order chi connectivity index (χ0) is 12.1. The summed E-state index contributed by atoms with van der Waals surface area (Å²) in [4.78, 5) is 1.12. The first kappa shape index (κ1) is 12.1. The van der Waals surface area contributed by atoms with Gasteiger partial charge in [-0.2, -0.15) is 0 Å². The predicted octanol–water partition coefficient (Wildman–Crippen LogP) is 4.64. The van der Waals surface area contributed by atoms with Crippen LogP contribution in [0.5, 0.6) is 5.75 Å². The van der Waals surface area contributed by atoms with E-state index in [2.05, 4.69) is 50.2 Å². The third kappa shape index (κ3) is 3.53. The fourth-order valence-corrected chi connectivity index (χ4v) is 2.05. The molecule has 0 aliphatic carbocycles. The van der Waals surface area contributed by atoms with E-state index < -0.39 is 0 Å². The normalized spacial score (nSPS) is 10.2. The standard InChI is InChI=1S/C15H16OS/c1-3-13-5-4-6-14(11-13)16-17-15-9-7-12(2)8-10-15/h4-11H,3H2,1-2H3. The maximum absolute atomic E-state index is 5.69. The molecule has 0 radical (unpaired) electrons. The molecule has 0 fully saturated rings. The summed E-state index contributed by atoms with van der Waals surface area (Å²) in [6.45, 7) is 4.23. The lowest BCUT2D eigenvalue weighted by molar-refractivity contribution is 0.644. The number of hydrogen-bond acceptors (Lipinski definition) is 2. The Balaban J connectivity index is 1.99. The fraction of sp³-hybridized carbons (Fsp3) is 0.200. The van der Waals surface area contributed by atoms with E-state index in [9.17, 15) is 0 Å². The second-order valence-corrected chi connectivity index (χ2v) is 4.79. The summed E-state index contributed by atoms with van der Waals surface area (Å²) in [5, 5.41) is 0. The monoisotopic (exact) mass is 244 g/mol. The number of rotatable bonds is 4. The highest BCUT2D eigenvalue weighted by molar-refractivity contribution is 7.95. The van der Waals surface area contributed by atoms with Gasteiger partial charge in [0, 0.05) is 4.90 Å². The minimum atomic E-state index is 0.912. The average Bonchev–Trinajstić information content (AvgIpc) is 2.38. The molecular formula is C15H16OS. The Bertz CT molecular complexity index is 477. The number of benzene rings is 2. The first-order chi connectivity index (χ1) is 8.28. The van der Waals surface area contributed by atoms with Crippen molar-refractivity contribution in [1.29, 1.82) is 0 Å². The molecule has 0 amide bonds. The summed E-state index contributed by atoms with van der Waals surface area (Å²) in [6, 6.07) is 16.5. The molecular weight excluding hydrogens is 228 g/mol. The van der Waals surface area contributed by atoms with Gasteiger partial charge < -0.3 is 4.18 Å². The van der Waals surface area contributed by atoms with Crippen molar-refractivity contribution in [2.45, 2.75) is 25.2 Å². The van der Waals surface area contributed by atoms with E-state index in [-0.39, 0.29) is 0 Å². The molecule has 88 valence electrons. The van der Waals surface area contributed by atoms with Crippen LogP contribution < -0.4 is 4.18 Å². The minimum Gasteiger partial charge on any atom is -0.421 e. The molecule has 0 heterocycles. The molecule has 0 aliphatic heterocycles. The largest absolute Gasteiger partial charge is 0.421 e. The zero-order valence-corrected chi connectivity index (χ0v) is 11.0. The highest BCUT2D eigenvalue weighted by Crippen LogP contribution is 2.24. The summed E-state index contributed by atoms with van der Waals surface area (Å²) < 4.78 is 5.69. The van der Waals surface area contributed by atoms with Crippen molar-refractivity contribution in [1.82, 2.24) is 0 Å². The van der Waals surface area contributed by atoms with Gasteiger partial charge >= 0.3 is 0 Å². The van der Waals surface area contributed by atoms with Crippen molar-refractivity contribution in [2.75, 3.05) is 0 Å². The zero-order valence-electron chi connectivity index (χ0n) is 10.1. The van der Waals surface area contributed by atoms with Gasteiger partial charge in [0.2, 0.25) is 0 Å². The quantitative estimate of drug-likeness (QED) is 0.724. The molecule has 0 saturated carbocycles. The molecule has 2 aromatic rings. The molecule has 0 N–H and O–H groups in total. The van der Waals surface area contributed by atoms with Gasteiger partial charge in [-0.1, -0.05) is 36.8 Å². The number of aryl methyl sites for hydroxylation is 2. The summed E-state index contributed by atoms with van der Waals surface area (Å²) in [7, 11) is 0. The average molecular weight is 244 g/mol. The van der Waals surface area contributed by atoms with E-state index in [0.29, 0.717) is 0 Å². The molecule has 0 spiro atoms. The van der Waals surface area contributed by atoms with Crippen LogP contribution in [0.25, 0.3) is 0 Å². The van der Waals surface area contributed by atoms with Gasteiger partial charge in [-0.3, -0.25) is 0 Å².